The molecule has 0 bridgehead atoms. The van der Waals surface area contributed by atoms with E-state index in [0.717, 1.165) is 46.6 Å². The zero-order chi connectivity index (χ0) is 35.9. The zero-order valence-corrected chi connectivity index (χ0v) is 29.6. The molecule has 0 radical (unpaired) electrons. The summed E-state index contributed by atoms with van der Waals surface area (Å²) in [7, 11) is 5.18. The van der Waals surface area contributed by atoms with E-state index >= 15 is 4.39 Å². The molecule has 0 spiro atoms. The number of benzene rings is 3. The van der Waals surface area contributed by atoms with Gasteiger partial charge in [0.15, 0.2) is 17.3 Å². The van der Waals surface area contributed by atoms with Gasteiger partial charge in [-0.2, -0.15) is 4.39 Å². The molecule has 264 valence electrons. The minimum atomic E-state index is -1.65. The number of carboxylic acids is 1. The topological polar surface area (TPSA) is 138 Å². The number of amides is 1. The Hall–Kier alpha value is -4.20. The second kappa shape index (κ2) is 14.2. The summed E-state index contributed by atoms with van der Waals surface area (Å²) in [5, 5.41) is 25.1. The fourth-order valence-electron chi connectivity index (χ4n) is 6.59. The number of carbonyl (C=O) groups excluding carboxylic acids is 1. The van der Waals surface area contributed by atoms with Crippen LogP contribution in [0.1, 0.15) is 58.1 Å². The highest BCUT2D eigenvalue weighted by atomic mass is 35.5. The Bertz CT molecular complexity index is 1990. The molecule has 4 N–H and O–H groups in total. The molecule has 14 heteroatoms. The molecule has 1 aromatic heterocycles. The average Bonchev–Trinajstić information content (AvgIpc) is 3.66. The minimum absolute atomic E-state index is 0.0159. The highest BCUT2D eigenvalue weighted by Gasteiger charge is 2.34. The summed E-state index contributed by atoms with van der Waals surface area (Å²) in [6.07, 6.45) is 1.43. The number of aliphatic hydroxyl groups excluding tert-OH is 1. The van der Waals surface area contributed by atoms with E-state index in [-0.39, 0.29) is 34.5 Å². The molecule has 2 aliphatic rings. The van der Waals surface area contributed by atoms with Crippen LogP contribution in [0.2, 0.25) is 10.0 Å². The molecular weight excluding hydrogens is 688 g/mol. The van der Waals surface area contributed by atoms with Crippen LogP contribution in [-0.4, -0.2) is 69.4 Å². The quantitative estimate of drug-likeness (QED) is 0.152. The Balaban J connectivity index is 1.24. The normalized spacial score (nSPS) is 16.8. The van der Waals surface area contributed by atoms with Crippen LogP contribution in [0.3, 0.4) is 0 Å². The zero-order valence-electron chi connectivity index (χ0n) is 28.1. The Morgan fingerprint density at radius 1 is 1.12 bits per heavy atom. The van der Waals surface area contributed by atoms with Crippen molar-refractivity contribution in [2.24, 2.45) is 7.05 Å². The van der Waals surface area contributed by atoms with E-state index in [1.54, 1.807) is 6.07 Å². The third-order valence-electron chi connectivity index (χ3n) is 9.53. The number of carbonyl (C=O) groups is 2. The lowest BCUT2D eigenvalue weighted by Gasteiger charge is -2.25. The molecule has 1 amide bonds. The molecule has 0 fully saturated rings. The largest absolute Gasteiger partial charge is 0.493 e. The number of hydrogen-bond donors (Lipinski definition) is 4. The second-order valence-corrected chi connectivity index (χ2v) is 13.6. The van der Waals surface area contributed by atoms with Gasteiger partial charge in [0, 0.05) is 49.9 Å². The number of aliphatic carboxylic acids is 1. The summed E-state index contributed by atoms with van der Waals surface area (Å²) in [5.74, 6) is -2.46. The van der Waals surface area contributed by atoms with Gasteiger partial charge < -0.3 is 34.5 Å². The van der Waals surface area contributed by atoms with Gasteiger partial charge in [0.25, 0.3) is 5.91 Å². The summed E-state index contributed by atoms with van der Waals surface area (Å²) in [6, 6.07) is 12.7. The standard InChI is InChI=1S/C36H38Cl2FN5O6/c1-36(18-45,35(47)48)40-16-19-15-24(37)32(30(39)31(19)49-4)50-28-12-11-21-20(7-5-8-22(21)28)23-9-6-10-25(29(23)38)42-34(46)33-41-26-17-43(2)14-13-27(26)44(33)3/h5-10,15,28,40,45H,11-14,16-18H2,1-4H3,(H,42,46)(H,47,48). The molecule has 1 aliphatic carbocycles. The molecule has 0 saturated carbocycles. The Morgan fingerprint density at radius 2 is 1.86 bits per heavy atom. The number of likely N-dealkylation sites (N-methyl/N-ethyl adjacent to an activating group) is 1. The number of rotatable bonds is 11. The predicted octanol–water partition coefficient (Wildman–Crippen LogP) is 5.77. The van der Waals surface area contributed by atoms with Crippen molar-refractivity contribution in [3.63, 3.8) is 0 Å². The van der Waals surface area contributed by atoms with Gasteiger partial charge in [-0.05, 0) is 55.6 Å². The summed E-state index contributed by atoms with van der Waals surface area (Å²) >= 11 is 13.5. The van der Waals surface area contributed by atoms with Crippen LogP contribution in [0.5, 0.6) is 11.5 Å². The Kier molecular flexibility index (Phi) is 10.1. The third-order valence-corrected chi connectivity index (χ3v) is 10.2. The van der Waals surface area contributed by atoms with Crippen molar-refractivity contribution in [1.29, 1.82) is 0 Å². The molecule has 2 heterocycles. The van der Waals surface area contributed by atoms with Gasteiger partial charge in [0.1, 0.15) is 11.6 Å². The number of methoxy groups -OCH3 is 1. The first-order chi connectivity index (χ1) is 23.9. The maximum absolute atomic E-state index is 15.9. The van der Waals surface area contributed by atoms with Crippen LogP contribution in [0.4, 0.5) is 10.1 Å². The average molecular weight is 727 g/mol. The first kappa shape index (κ1) is 35.6. The van der Waals surface area contributed by atoms with E-state index in [1.807, 2.05) is 49.0 Å². The predicted molar refractivity (Wildman–Crippen MR) is 188 cm³/mol. The monoisotopic (exact) mass is 725 g/mol. The van der Waals surface area contributed by atoms with Crippen LogP contribution in [0.15, 0.2) is 42.5 Å². The van der Waals surface area contributed by atoms with Gasteiger partial charge in [-0.1, -0.05) is 53.5 Å². The molecule has 2 atom stereocenters. The first-order valence-corrected chi connectivity index (χ1v) is 16.9. The van der Waals surface area contributed by atoms with Crippen molar-refractivity contribution in [3.8, 4) is 22.6 Å². The molecule has 3 aromatic carbocycles. The molecule has 4 aromatic rings. The van der Waals surface area contributed by atoms with Gasteiger partial charge in [-0.3, -0.25) is 14.9 Å². The summed E-state index contributed by atoms with van der Waals surface area (Å²) in [5.41, 5.74) is 4.42. The number of ether oxygens (including phenoxy) is 2. The lowest BCUT2D eigenvalue weighted by molar-refractivity contribution is -0.145. The van der Waals surface area contributed by atoms with Crippen LogP contribution in [0, 0.1) is 5.82 Å². The minimum Gasteiger partial charge on any atom is -0.493 e. The van der Waals surface area contributed by atoms with Crippen molar-refractivity contribution in [2.75, 3.05) is 32.6 Å². The van der Waals surface area contributed by atoms with Gasteiger partial charge in [0.05, 0.1) is 35.1 Å². The van der Waals surface area contributed by atoms with E-state index in [4.69, 9.17) is 32.7 Å². The highest BCUT2D eigenvalue weighted by molar-refractivity contribution is 6.36. The lowest BCUT2D eigenvalue weighted by atomic mass is 9.96. The fourth-order valence-corrected chi connectivity index (χ4v) is 7.13. The molecule has 6 rings (SSSR count). The second-order valence-electron chi connectivity index (χ2n) is 12.9. The molecule has 1 aliphatic heterocycles. The van der Waals surface area contributed by atoms with E-state index in [2.05, 4.69) is 20.5 Å². The number of nitrogens with zero attached hydrogens (tertiary/aromatic N) is 3. The van der Waals surface area contributed by atoms with E-state index in [1.165, 1.54) is 20.1 Å². The smallest absolute Gasteiger partial charge is 0.326 e. The Labute approximate surface area is 298 Å². The number of fused-ring (bicyclic) bond motifs is 2. The molecule has 11 nitrogen and oxygen atoms in total. The number of halogens is 3. The maximum Gasteiger partial charge on any atom is 0.326 e. The number of aliphatic hydroxyl groups is 1. The number of carboxylic acid groups (broad SMARTS) is 1. The molecule has 2 unspecified atom stereocenters. The maximum atomic E-state index is 15.9. The first-order valence-electron chi connectivity index (χ1n) is 16.1. The summed E-state index contributed by atoms with van der Waals surface area (Å²) in [6.45, 7) is 2.08. The van der Waals surface area contributed by atoms with Crippen molar-refractivity contribution in [1.82, 2.24) is 19.8 Å². The summed E-state index contributed by atoms with van der Waals surface area (Å²) < 4.78 is 29.3. The van der Waals surface area contributed by atoms with Crippen LogP contribution >= 0.6 is 23.2 Å². The van der Waals surface area contributed by atoms with E-state index in [0.29, 0.717) is 35.9 Å². The lowest BCUT2D eigenvalue weighted by Crippen LogP contribution is -2.52. The summed E-state index contributed by atoms with van der Waals surface area (Å²) in [4.78, 5) is 31.8. The Morgan fingerprint density at radius 3 is 2.58 bits per heavy atom. The van der Waals surface area contributed by atoms with Crippen LogP contribution < -0.4 is 20.1 Å². The van der Waals surface area contributed by atoms with Gasteiger partial charge in [-0.15, -0.1) is 0 Å². The van der Waals surface area contributed by atoms with Crippen molar-refractivity contribution in [3.05, 3.63) is 92.2 Å². The van der Waals surface area contributed by atoms with Gasteiger partial charge >= 0.3 is 5.97 Å². The molecular formula is C36H38Cl2FN5O6. The number of anilines is 1. The van der Waals surface area contributed by atoms with E-state index in [9.17, 15) is 19.8 Å². The van der Waals surface area contributed by atoms with Gasteiger partial charge in [0.2, 0.25) is 5.82 Å². The molecule has 0 saturated heterocycles. The number of hydrogen-bond acceptors (Lipinski definition) is 8. The van der Waals surface area contributed by atoms with Crippen molar-refractivity contribution < 1.29 is 33.7 Å². The number of aromatic nitrogens is 2. The SMILES string of the molecule is COc1c(CNC(C)(CO)C(=O)O)cc(Cl)c(OC2CCc3c(-c4cccc(NC(=O)c5nc6c(n5C)CCN(C)C6)c4Cl)cccc32)c1F. The van der Waals surface area contributed by atoms with Crippen LogP contribution in [-0.2, 0) is 37.8 Å². The molecule has 50 heavy (non-hydrogen) atoms. The number of imidazole rings is 1. The third kappa shape index (κ3) is 6.54. The van der Waals surface area contributed by atoms with Crippen LogP contribution in [0.25, 0.3) is 11.1 Å². The van der Waals surface area contributed by atoms with Gasteiger partial charge in [-0.25, -0.2) is 4.98 Å². The number of nitrogens with one attached hydrogen (secondary N) is 2. The highest BCUT2D eigenvalue weighted by Crippen LogP contribution is 2.46. The van der Waals surface area contributed by atoms with Crippen molar-refractivity contribution in [2.45, 2.75) is 50.9 Å². The fraction of sp³-hybridized carbons (Fsp3) is 0.361. The van der Waals surface area contributed by atoms with E-state index < -0.39 is 30.0 Å². The van der Waals surface area contributed by atoms with Crippen molar-refractivity contribution >= 4 is 40.8 Å².